The maximum atomic E-state index is 13.1. The Morgan fingerprint density at radius 2 is 1.78 bits per heavy atom. The fourth-order valence-corrected chi connectivity index (χ4v) is 7.37. The third kappa shape index (κ3) is 4.22. The second-order valence-electron chi connectivity index (χ2n) is 10.6. The second kappa shape index (κ2) is 9.44. The number of benzene rings is 1. The van der Waals surface area contributed by atoms with Crippen LogP contribution in [0.3, 0.4) is 0 Å². The van der Waals surface area contributed by atoms with Crippen molar-refractivity contribution in [3.63, 3.8) is 0 Å². The zero-order valence-electron chi connectivity index (χ0n) is 22.0. The van der Waals surface area contributed by atoms with E-state index in [1.807, 2.05) is 47.4 Å². The molecule has 2 saturated heterocycles. The van der Waals surface area contributed by atoms with Crippen LogP contribution in [0.2, 0.25) is 0 Å². The molecule has 14 heteroatoms. The Kier molecular flexibility index (Phi) is 5.81. The Hall–Kier alpha value is -4.72. The van der Waals surface area contributed by atoms with E-state index < -0.39 is 9.84 Å². The van der Waals surface area contributed by atoms with Crippen molar-refractivity contribution in [2.75, 3.05) is 12.0 Å². The highest BCUT2D eigenvalue weighted by Crippen LogP contribution is 2.45. The maximum absolute atomic E-state index is 13.1. The molecular formula is C27H26N10O3S. The van der Waals surface area contributed by atoms with E-state index in [4.69, 9.17) is 10.7 Å². The average molecular weight is 571 g/mol. The van der Waals surface area contributed by atoms with Crippen LogP contribution in [0.15, 0.2) is 59.8 Å². The molecule has 5 aromatic rings. The number of nitrogens with one attached hydrogen (secondary N) is 1. The number of sulfone groups is 1. The minimum absolute atomic E-state index is 0.0131. The fourth-order valence-electron chi connectivity index (χ4n) is 6.32. The zero-order valence-corrected chi connectivity index (χ0v) is 22.9. The van der Waals surface area contributed by atoms with Crippen molar-refractivity contribution in [2.24, 2.45) is 0 Å². The van der Waals surface area contributed by atoms with Gasteiger partial charge in [-0.15, -0.1) is 5.10 Å². The van der Waals surface area contributed by atoms with Crippen LogP contribution in [0.1, 0.15) is 47.9 Å². The molecule has 2 aliphatic heterocycles. The van der Waals surface area contributed by atoms with Crippen molar-refractivity contribution in [3.05, 3.63) is 66.4 Å². The van der Waals surface area contributed by atoms with Crippen molar-refractivity contribution >= 4 is 27.2 Å². The van der Waals surface area contributed by atoms with E-state index >= 15 is 0 Å². The average Bonchev–Trinajstić information content (AvgIpc) is 3.71. The van der Waals surface area contributed by atoms with Crippen LogP contribution in [-0.4, -0.2) is 77.8 Å². The summed E-state index contributed by atoms with van der Waals surface area (Å²) in [5.74, 6) is -0.359. The number of tetrazole rings is 1. The number of H-pyrrole nitrogens is 1. The number of piperidine rings is 1. The fraction of sp³-hybridized carbons (Fsp3) is 0.296. The van der Waals surface area contributed by atoms with Gasteiger partial charge in [-0.2, -0.15) is 9.61 Å². The number of amides is 1. The molecule has 6 heterocycles. The summed E-state index contributed by atoms with van der Waals surface area (Å²) in [5, 5.41) is 17.8. The number of pyridine rings is 1. The van der Waals surface area contributed by atoms with Crippen molar-refractivity contribution in [2.45, 2.75) is 48.6 Å². The molecule has 208 valence electrons. The van der Waals surface area contributed by atoms with Crippen LogP contribution in [0.5, 0.6) is 0 Å². The van der Waals surface area contributed by atoms with Gasteiger partial charge in [0.15, 0.2) is 15.5 Å². The van der Waals surface area contributed by atoms with E-state index in [1.165, 1.54) is 4.52 Å². The SMILES string of the molecule is CS(=O)(=O)c1c(C2C[C@H]3CC[C@@H](C2)N3C(=O)c2nnn[nH]2)nc2c(-c3ccc(-c4ccccc4)nc3)cnn2c1N. The summed E-state index contributed by atoms with van der Waals surface area (Å²) in [6, 6.07) is 13.5. The number of carbonyl (C=O) groups excluding carboxylic acids is 1. The minimum atomic E-state index is -3.75. The Balaban J connectivity index is 1.29. The van der Waals surface area contributed by atoms with Gasteiger partial charge in [0, 0.05) is 47.1 Å². The molecule has 3 atom stereocenters. The lowest BCUT2D eigenvalue weighted by Gasteiger charge is -2.38. The van der Waals surface area contributed by atoms with E-state index in [-0.39, 0.29) is 40.4 Å². The van der Waals surface area contributed by atoms with E-state index in [2.05, 4.69) is 30.7 Å². The molecule has 41 heavy (non-hydrogen) atoms. The zero-order chi connectivity index (χ0) is 28.3. The smallest absolute Gasteiger partial charge is 0.293 e. The van der Waals surface area contributed by atoms with Gasteiger partial charge in [-0.1, -0.05) is 36.4 Å². The van der Waals surface area contributed by atoms with Gasteiger partial charge in [0.2, 0.25) is 5.82 Å². The molecular weight excluding hydrogens is 544 g/mol. The number of carbonyl (C=O) groups is 1. The summed E-state index contributed by atoms with van der Waals surface area (Å²) in [5.41, 5.74) is 10.7. The molecule has 2 aliphatic rings. The summed E-state index contributed by atoms with van der Waals surface area (Å²) in [6.07, 6.45) is 7.22. The normalized spacial score (nSPS) is 20.5. The summed E-state index contributed by atoms with van der Waals surface area (Å²) in [6.45, 7) is 0. The van der Waals surface area contributed by atoms with Crippen LogP contribution in [0.4, 0.5) is 5.82 Å². The Labute approximate surface area is 234 Å². The number of hydrogen-bond donors (Lipinski definition) is 2. The second-order valence-corrected chi connectivity index (χ2v) is 12.5. The third-order valence-electron chi connectivity index (χ3n) is 8.08. The van der Waals surface area contributed by atoms with E-state index in [1.54, 1.807) is 12.4 Å². The Morgan fingerprint density at radius 1 is 1.02 bits per heavy atom. The standard InChI is InChI=1S/C27H26N10O3S/c1-41(39,40)23-22(17-11-18-8-9-19(12-17)36(18)27(38)25-32-34-35-33-25)31-26-20(14-30-37(26)24(23)28)16-7-10-21(29-13-16)15-5-3-2-4-6-15/h2-7,10,13-14,17-19H,8-9,11-12,28H2,1H3,(H,32,33,34,35)/t17?,18-,19+. The molecule has 1 amide bonds. The molecule has 0 aliphatic carbocycles. The molecule has 0 radical (unpaired) electrons. The largest absolute Gasteiger partial charge is 0.382 e. The molecule has 1 aromatic carbocycles. The maximum Gasteiger partial charge on any atom is 0.293 e. The predicted molar refractivity (Wildman–Crippen MR) is 148 cm³/mol. The number of nitrogens with zero attached hydrogens (tertiary/aromatic N) is 8. The van der Waals surface area contributed by atoms with Crippen molar-refractivity contribution in [3.8, 4) is 22.4 Å². The Bertz CT molecular complexity index is 1860. The summed E-state index contributed by atoms with van der Waals surface area (Å²) in [7, 11) is -3.75. The number of rotatable bonds is 5. The van der Waals surface area contributed by atoms with Gasteiger partial charge in [0.05, 0.1) is 17.6 Å². The first-order valence-electron chi connectivity index (χ1n) is 13.2. The highest BCUT2D eigenvalue weighted by molar-refractivity contribution is 7.91. The number of nitrogen functional groups attached to an aromatic ring is 1. The van der Waals surface area contributed by atoms with Crippen molar-refractivity contribution in [1.29, 1.82) is 0 Å². The lowest BCUT2D eigenvalue weighted by molar-refractivity contribution is 0.0555. The lowest BCUT2D eigenvalue weighted by atomic mass is 9.87. The topological polar surface area (TPSA) is 178 Å². The minimum Gasteiger partial charge on any atom is -0.382 e. The molecule has 3 N–H and O–H groups in total. The van der Waals surface area contributed by atoms with Crippen LogP contribution in [0.25, 0.3) is 28.0 Å². The number of aromatic amines is 1. The van der Waals surface area contributed by atoms with Gasteiger partial charge in [-0.05, 0) is 42.2 Å². The summed E-state index contributed by atoms with van der Waals surface area (Å²) in [4.78, 5) is 24.5. The number of nitrogens with two attached hydrogens (primary N) is 1. The molecule has 4 aromatic heterocycles. The van der Waals surface area contributed by atoms with Gasteiger partial charge in [0.25, 0.3) is 5.91 Å². The third-order valence-corrected chi connectivity index (χ3v) is 9.24. The van der Waals surface area contributed by atoms with Gasteiger partial charge in [0.1, 0.15) is 10.7 Å². The summed E-state index contributed by atoms with van der Waals surface area (Å²) < 4.78 is 27.5. The molecule has 0 spiro atoms. The Morgan fingerprint density at radius 3 is 2.41 bits per heavy atom. The monoisotopic (exact) mass is 570 g/mol. The molecule has 2 bridgehead atoms. The van der Waals surface area contributed by atoms with Crippen LogP contribution in [0, 0.1) is 0 Å². The van der Waals surface area contributed by atoms with Gasteiger partial charge >= 0.3 is 0 Å². The number of anilines is 1. The first-order valence-corrected chi connectivity index (χ1v) is 15.1. The highest BCUT2D eigenvalue weighted by Gasteiger charge is 2.46. The lowest BCUT2D eigenvalue weighted by Crippen LogP contribution is -2.46. The number of aromatic nitrogens is 8. The molecule has 2 fully saturated rings. The first kappa shape index (κ1) is 25.3. The summed E-state index contributed by atoms with van der Waals surface area (Å²) >= 11 is 0. The van der Waals surface area contributed by atoms with Gasteiger partial charge < -0.3 is 10.6 Å². The van der Waals surface area contributed by atoms with Gasteiger partial charge in [-0.25, -0.2) is 18.5 Å². The quantitative estimate of drug-likeness (QED) is 0.319. The van der Waals surface area contributed by atoms with Crippen molar-refractivity contribution in [1.82, 2.24) is 45.1 Å². The highest BCUT2D eigenvalue weighted by atomic mass is 32.2. The molecule has 1 unspecified atom stereocenters. The number of hydrogen-bond acceptors (Lipinski definition) is 10. The molecule has 7 rings (SSSR count). The first-order chi connectivity index (χ1) is 19.8. The van der Waals surface area contributed by atoms with Crippen LogP contribution < -0.4 is 5.73 Å². The van der Waals surface area contributed by atoms with E-state index in [9.17, 15) is 13.2 Å². The van der Waals surface area contributed by atoms with E-state index in [0.717, 1.165) is 35.9 Å². The van der Waals surface area contributed by atoms with Crippen LogP contribution in [-0.2, 0) is 9.84 Å². The predicted octanol–water partition coefficient (Wildman–Crippen LogP) is 2.51. The molecule has 13 nitrogen and oxygen atoms in total. The van der Waals surface area contributed by atoms with Gasteiger partial charge in [-0.3, -0.25) is 9.78 Å². The van der Waals surface area contributed by atoms with Crippen molar-refractivity contribution < 1.29 is 13.2 Å². The molecule has 0 saturated carbocycles. The van der Waals surface area contributed by atoms with E-state index in [0.29, 0.717) is 29.7 Å². The van der Waals surface area contributed by atoms with Crippen LogP contribution >= 0.6 is 0 Å². The number of fused-ring (bicyclic) bond motifs is 3.